The van der Waals surface area contributed by atoms with Crippen LogP contribution in [0, 0.1) is 0 Å². The molecule has 0 atom stereocenters. The minimum absolute atomic E-state index is 0.0786. The Bertz CT molecular complexity index is 786. The van der Waals surface area contributed by atoms with Crippen molar-refractivity contribution in [3.63, 3.8) is 0 Å². The van der Waals surface area contributed by atoms with Crippen LogP contribution in [-0.2, 0) is 0 Å². The summed E-state index contributed by atoms with van der Waals surface area (Å²) in [4.78, 5) is 26.2. The molecule has 0 spiro atoms. The lowest BCUT2D eigenvalue weighted by Crippen LogP contribution is -2.32. The minimum atomic E-state index is -1.07. The molecule has 0 aromatic heterocycles. The van der Waals surface area contributed by atoms with Crippen LogP contribution in [0.5, 0.6) is 0 Å². The van der Waals surface area contributed by atoms with Crippen LogP contribution in [0.25, 0.3) is 0 Å². The average molecular weight is 375 g/mol. The van der Waals surface area contributed by atoms with Crippen molar-refractivity contribution in [2.45, 2.75) is 9.79 Å². The van der Waals surface area contributed by atoms with Crippen molar-refractivity contribution in [3.05, 3.63) is 53.6 Å². The van der Waals surface area contributed by atoms with Gasteiger partial charge in [-0.3, -0.25) is 0 Å². The molecular formula is C18H17NO4S2. The van der Waals surface area contributed by atoms with Crippen LogP contribution in [0.2, 0.25) is 0 Å². The molecule has 2 aromatic carbocycles. The number of rotatable bonds is 5. The van der Waals surface area contributed by atoms with Gasteiger partial charge in [0.05, 0.1) is 11.1 Å². The van der Waals surface area contributed by atoms with Crippen molar-refractivity contribution < 1.29 is 19.8 Å². The van der Waals surface area contributed by atoms with Gasteiger partial charge in [-0.05, 0) is 42.5 Å². The third-order valence-electron chi connectivity index (χ3n) is 3.90. The zero-order valence-electron chi connectivity index (χ0n) is 13.3. The number of hydrogen-bond acceptors (Lipinski definition) is 5. The molecule has 25 heavy (non-hydrogen) atoms. The molecule has 0 unspecified atom stereocenters. The van der Waals surface area contributed by atoms with Crippen LogP contribution in [0.1, 0.15) is 20.7 Å². The molecule has 1 fully saturated rings. The number of nitrogens with zero attached hydrogens (tertiary/aromatic N) is 1. The van der Waals surface area contributed by atoms with Gasteiger partial charge in [0.25, 0.3) is 0 Å². The van der Waals surface area contributed by atoms with E-state index in [4.69, 9.17) is 5.11 Å². The topological polar surface area (TPSA) is 77.8 Å². The van der Waals surface area contributed by atoms with E-state index in [0.29, 0.717) is 4.90 Å². The van der Waals surface area contributed by atoms with Gasteiger partial charge in [-0.25, -0.2) is 9.59 Å². The zero-order chi connectivity index (χ0) is 17.8. The first-order valence-electron chi connectivity index (χ1n) is 7.76. The summed E-state index contributed by atoms with van der Waals surface area (Å²) >= 11 is 3.22. The Balaban J connectivity index is 1.82. The fraction of sp³-hybridized carbons (Fsp3) is 0.222. The highest BCUT2D eigenvalue weighted by Crippen LogP contribution is 2.33. The Kier molecular flexibility index (Phi) is 5.55. The van der Waals surface area contributed by atoms with Crippen molar-refractivity contribution in [1.82, 2.24) is 0 Å². The van der Waals surface area contributed by atoms with Gasteiger partial charge in [-0.15, -0.1) is 0 Å². The molecule has 0 saturated carbocycles. The summed E-state index contributed by atoms with van der Waals surface area (Å²) in [6.07, 6.45) is 0. The predicted molar refractivity (Wildman–Crippen MR) is 100 cm³/mol. The Morgan fingerprint density at radius 2 is 1.64 bits per heavy atom. The van der Waals surface area contributed by atoms with E-state index in [0.717, 1.165) is 35.2 Å². The van der Waals surface area contributed by atoms with Gasteiger partial charge in [0, 0.05) is 40.1 Å². The maximum absolute atomic E-state index is 11.4. The fourth-order valence-corrected chi connectivity index (χ4v) is 4.47. The van der Waals surface area contributed by atoms with E-state index in [1.54, 1.807) is 0 Å². The van der Waals surface area contributed by atoms with E-state index in [-0.39, 0.29) is 11.1 Å². The van der Waals surface area contributed by atoms with Gasteiger partial charge in [-0.2, -0.15) is 11.8 Å². The summed E-state index contributed by atoms with van der Waals surface area (Å²) in [6.45, 7) is 2.06. The first kappa shape index (κ1) is 17.7. The molecule has 0 amide bonds. The normalized spacial score (nSPS) is 14.3. The largest absolute Gasteiger partial charge is 0.478 e. The standard InChI is InChI=1S/C18H17NO4S2/c20-17(21)12-1-6-15(18(22)23)16(11-12)25-14-4-2-13(3-5-14)19-7-9-24-10-8-19/h1-6,11H,7-10H2,(H,20,21)(H,22,23). The number of aromatic carboxylic acids is 2. The summed E-state index contributed by atoms with van der Waals surface area (Å²) in [5.74, 6) is 0.111. The highest BCUT2D eigenvalue weighted by Gasteiger charge is 2.15. The quantitative estimate of drug-likeness (QED) is 0.823. The number of anilines is 1. The van der Waals surface area contributed by atoms with Gasteiger partial charge in [0.2, 0.25) is 0 Å². The number of carbonyl (C=O) groups is 2. The van der Waals surface area contributed by atoms with Crippen molar-refractivity contribution >= 4 is 41.1 Å². The first-order chi connectivity index (χ1) is 12.0. The summed E-state index contributed by atoms with van der Waals surface area (Å²) in [5.41, 5.74) is 1.34. The molecular weight excluding hydrogens is 358 g/mol. The lowest BCUT2D eigenvalue weighted by molar-refractivity contribution is 0.0678. The maximum atomic E-state index is 11.4. The van der Waals surface area contributed by atoms with E-state index >= 15 is 0 Å². The van der Waals surface area contributed by atoms with Crippen molar-refractivity contribution in [2.75, 3.05) is 29.5 Å². The molecule has 1 aliphatic heterocycles. The van der Waals surface area contributed by atoms with Gasteiger partial charge in [-0.1, -0.05) is 11.8 Å². The molecule has 1 aliphatic rings. The molecule has 7 heteroatoms. The van der Waals surface area contributed by atoms with Crippen LogP contribution >= 0.6 is 23.5 Å². The predicted octanol–water partition coefficient (Wildman–Crippen LogP) is 3.79. The smallest absolute Gasteiger partial charge is 0.336 e. The number of hydrogen-bond donors (Lipinski definition) is 2. The van der Waals surface area contributed by atoms with Crippen molar-refractivity contribution in [1.29, 1.82) is 0 Å². The monoisotopic (exact) mass is 375 g/mol. The van der Waals surface area contributed by atoms with Crippen LogP contribution in [0.4, 0.5) is 5.69 Å². The van der Waals surface area contributed by atoms with Crippen LogP contribution in [0.3, 0.4) is 0 Å². The van der Waals surface area contributed by atoms with E-state index in [2.05, 4.69) is 4.90 Å². The van der Waals surface area contributed by atoms with Gasteiger partial charge >= 0.3 is 11.9 Å². The molecule has 2 N–H and O–H groups in total. The lowest BCUT2D eigenvalue weighted by Gasteiger charge is -2.28. The third kappa shape index (κ3) is 4.29. The summed E-state index contributed by atoms with van der Waals surface area (Å²) in [5, 5.41) is 18.4. The second kappa shape index (κ2) is 7.84. The number of carboxylic acids is 2. The first-order valence-corrected chi connectivity index (χ1v) is 9.73. The molecule has 3 rings (SSSR count). The summed E-state index contributed by atoms with van der Waals surface area (Å²) < 4.78 is 0. The van der Waals surface area contributed by atoms with Gasteiger partial charge in [0.15, 0.2) is 0 Å². The highest BCUT2D eigenvalue weighted by atomic mass is 32.2. The lowest BCUT2D eigenvalue weighted by atomic mass is 10.1. The molecule has 5 nitrogen and oxygen atoms in total. The Hall–Kier alpha value is -2.12. The number of thioether (sulfide) groups is 1. The third-order valence-corrected chi connectivity index (χ3v) is 5.91. The molecule has 0 aliphatic carbocycles. The molecule has 130 valence electrons. The SMILES string of the molecule is O=C(O)c1ccc(C(=O)O)c(Sc2ccc(N3CCSCC3)cc2)c1. The average Bonchev–Trinajstić information content (AvgIpc) is 2.63. The molecule has 0 radical (unpaired) electrons. The van der Waals surface area contributed by atoms with E-state index < -0.39 is 11.9 Å². The maximum Gasteiger partial charge on any atom is 0.336 e. The Morgan fingerprint density at radius 3 is 2.24 bits per heavy atom. The molecule has 1 heterocycles. The minimum Gasteiger partial charge on any atom is -0.478 e. The molecule has 1 saturated heterocycles. The van der Waals surface area contributed by atoms with E-state index in [1.807, 2.05) is 36.0 Å². The fourth-order valence-electron chi connectivity index (χ4n) is 2.59. The zero-order valence-corrected chi connectivity index (χ0v) is 15.0. The highest BCUT2D eigenvalue weighted by molar-refractivity contribution is 7.99. The summed E-state index contributed by atoms with van der Waals surface area (Å²) in [6, 6.07) is 12.0. The van der Waals surface area contributed by atoms with Crippen molar-refractivity contribution in [3.8, 4) is 0 Å². The Labute approximate surface area is 154 Å². The summed E-state index contributed by atoms with van der Waals surface area (Å²) in [7, 11) is 0. The van der Waals surface area contributed by atoms with Crippen LogP contribution in [0.15, 0.2) is 52.3 Å². The molecule has 0 bridgehead atoms. The number of carboxylic acid groups (broad SMARTS) is 2. The second-order valence-electron chi connectivity index (χ2n) is 5.52. The van der Waals surface area contributed by atoms with Gasteiger partial charge < -0.3 is 15.1 Å². The van der Waals surface area contributed by atoms with E-state index in [1.165, 1.54) is 30.0 Å². The Morgan fingerprint density at radius 1 is 0.960 bits per heavy atom. The molecule has 2 aromatic rings. The van der Waals surface area contributed by atoms with Crippen LogP contribution in [-0.4, -0.2) is 46.7 Å². The van der Waals surface area contributed by atoms with E-state index in [9.17, 15) is 14.7 Å². The van der Waals surface area contributed by atoms with Crippen molar-refractivity contribution in [2.24, 2.45) is 0 Å². The second-order valence-corrected chi connectivity index (χ2v) is 7.86. The van der Waals surface area contributed by atoms with Crippen LogP contribution < -0.4 is 4.90 Å². The number of benzene rings is 2. The van der Waals surface area contributed by atoms with Gasteiger partial charge in [0.1, 0.15) is 0 Å².